The molecule has 1 amide bonds. The van der Waals surface area contributed by atoms with E-state index in [0.717, 1.165) is 22.2 Å². The first-order valence-corrected chi connectivity index (χ1v) is 8.51. The Labute approximate surface area is 155 Å². The molecule has 0 radical (unpaired) electrons. The molecular weight excluding hydrogens is 343 g/mol. The summed E-state index contributed by atoms with van der Waals surface area (Å²) in [4.78, 5) is 19.8. The summed E-state index contributed by atoms with van der Waals surface area (Å²) in [5, 5.41) is 6.97. The summed E-state index contributed by atoms with van der Waals surface area (Å²) in [5.41, 5.74) is 3.31. The van der Waals surface area contributed by atoms with E-state index >= 15 is 0 Å². The number of anilines is 3. The third-order valence-electron chi connectivity index (χ3n) is 4.19. The Morgan fingerprint density at radius 1 is 1.00 bits per heavy atom. The van der Waals surface area contributed by atoms with Crippen molar-refractivity contribution >= 4 is 34.0 Å². The normalized spacial score (nSPS) is 10.7. The molecule has 0 atom stereocenters. The fourth-order valence-corrected chi connectivity index (χ4v) is 2.88. The van der Waals surface area contributed by atoms with Crippen LogP contribution in [0.25, 0.3) is 10.9 Å². The molecule has 0 aliphatic carbocycles. The van der Waals surface area contributed by atoms with Crippen LogP contribution in [0.4, 0.5) is 21.6 Å². The molecule has 27 heavy (non-hydrogen) atoms. The number of nitrogens with one attached hydrogen (secondary N) is 3. The molecule has 0 spiro atoms. The van der Waals surface area contributed by atoms with Gasteiger partial charge in [0.2, 0.25) is 5.91 Å². The fraction of sp³-hybridized carbons (Fsp3) is 0.0476. The Hall–Kier alpha value is -3.67. The Bertz CT molecular complexity index is 1070. The zero-order valence-electron chi connectivity index (χ0n) is 14.4. The zero-order valence-corrected chi connectivity index (χ0v) is 14.4. The number of hydrogen-bond acceptors (Lipinski definition) is 3. The first-order valence-electron chi connectivity index (χ1n) is 8.51. The van der Waals surface area contributed by atoms with Gasteiger partial charge in [-0.3, -0.25) is 4.79 Å². The van der Waals surface area contributed by atoms with E-state index in [9.17, 15) is 9.18 Å². The van der Waals surface area contributed by atoms with E-state index in [4.69, 9.17) is 0 Å². The van der Waals surface area contributed by atoms with Crippen LogP contribution in [0, 0.1) is 5.82 Å². The maximum Gasteiger partial charge on any atom is 0.228 e. The number of benzene rings is 2. The lowest BCUT2D eigenvalue weighted by Crippen LogP contribution is -2.14. The molecule has 0 fully saturated rings. The van der Waals surface area contributed by atoms with Gasteiger partial charge in [-0.05, 0) is 48.0 Å². The van der Waals surface area contributed by atoms with E-state index in [-0.39, 0.29) is 18.1 Å². The monoisotopic (exact) mass is 360 g/mol. The Kier molecular flexibility index (Phi) is 4.53. The van der Waals surface area contributed by atoms with Crippen molar-refractivity contribution in [1.82, 2.24) is 9.97 Å². The Balaban J connectivity index is 1.39. The molecule has 2 aromatic carbocycles. The molecular formula is C21H17FN4O. The van der Waals surface area contributed by atoms with Gasteiger partial charge in [0.25, 0.3) is 0 Å². The lowest BCUT2D eigenvalue weighted by atomic mass is 10.1. The van der Waals surface area contributed by atoms with Crippen LogP contribution in [0.1, 0.15) is 5.56 Å². The number of H-pyrrole nitrogens is 1. The van der Waals surface area contributed by atoms with E-state index in [1.54, 1.807) is 30.5 Å². The number of halogens is 1. The van der Waals surface area contributed by atoms with Crippen molar-refractivity contribution in [2.75, 3.05) is 10.6 Å². The number of rotatable bonds is 5. The quantitative estimate of drug-likeness (QED) is 0.486. The second kappa shape index (κ2) is 7.29. The van der Waals surface area contributed by atoms with Crippen LogP contribution in [0.15, 0.2) is 73.1 Å². The van der Waals surface area contributed by atoms with Crippen molar-refractivity contribution in [2.45, 2.75) is 6.42 Å². The average Bonchev–Trinajstić information content (AvgIpc) is 3.08. The van der Waals surface area contributed by atoms with Crippen molar-refractivity contribution in [3.8, 4) is 0 Å². The van der Waals surface area contributed by atoms with Gasteiger partial charge in [-0.25, -0.2) is 9.37 Å². The van der Waals surface area contributed by atoms with Gasteiger partial charge in [0.15, 0.2) is 0 Å². The maximum absolute atomic E-state index is 12.9. The molecule has 3 N–H and O–H groups in total. The highest BCUT2D eigenvalue weighted by Crippen LogP contribution is 2.19. The molecule has 0 bridgehead atoms. The van der Waals surface area contributed by atoms with Crippen LogP contribution in [-0.4, -0.2) is 15.9 Å². The standard InChI is InChI=1S/C21H17FN4O/c22-15-5-7-16(8-6-15)25-20-10-9-17(13-24-20)26-21(27)11-14-12-23-19-4-2-1-3-18(14)19/h1-10,12-13,23H,11H2,(H,24,25)(H,26,27). The number of amides is 1. The van der Waals surface area contributed by atoms with Gasteiger partial charge in [-0.1, -0.05) is 18.2 Å². The lowest BCUT2D eigenvalue weighted by Gasteiger charge is -2.08. The summed E-state index contributed by atoms with van der Waals surface area (Å²) in [6.07, 6.45) is 3.72. The van der Waals surface area contributed by atoms with Crippen LogP contribution in [0.2, 0.25) is 0 Å². The number of carbonyl (C=O) groups excluding carboxylic acids is 1. The van der Waals surface area contributed by atoms with Gasteiger partial charge in [0.1, 0.15) is 11.6 Å². The molecule has 2 heterocycles. The number of nitrogens with zero attached hydrogens (tertiary/aromatic N) is 1. The number of carbonyl (C=O) groups is 1. The van der Waals surface area contributed by atoms with E-state index in [0.29, 0.717) is 11.5 Å². The SMILES string of the molecule is O=C(Cc1c[nH]c2ccccc12)Nc1ccc(Nc2ccc(F)cc2)nc1. The molecule has 0 saturated heterocycles. The number of hydrogen-bond donors (Lipinski definition) is 3. The molecule has 4 aromatic rings. The Morgan fingerprint density at radius 3 is 2.56 bits per heavy atom. The summed E-state index contributed by atoms with van der Waals surface area (Å²) in [6.45, 7) is 0. The van der Waals surface area contributed by atoms with Gasteiger partial charge >= 0.3 is 0 Å². The van der Waals surface area contributed by atoms with Gasteiger partial charge < -0.3 is 15.6 Å². The molecule has 2 aromatic heterocycles. The first kappa shape index (κ1) is 16.8. The largest absolute Gasteiger partial charge is 0.361 e. The summed E-state index contributed by atoms with van der Waals surface area (Å²) in [6, 6.07) is 17.4. The highest BCUT2D eigenvalue weighted by Gasteiger charge is 2.09. The minimum Gasteiger partial charge on any atom is -0.361 e. The highest BCUT2D eigenvalue weighted by atomic mass is 19.1. The summed E-state index contributed by atoms with van der Waals surface area (Å²) in [5.74, 6) is 0.207. The molecule has 0 saturated carbocycles. The smallest absolute Gasteiger partial charge is 0.228 e. The second-order valence-electron chi connectivity index (χ2n) is 6.15. The maximum atomic E-state index is 12.9. The van der Waals surface area contributed by atoms with Crippen molar-refractivity contribution in [1.29, 1.82) is 0 Å². The third kappa shape index (κ3) is 3.95. The minimum atomic E-state index is -0.290. The van der Waals surface area contributed by atoms with Crippen molar-refractivity contribution in [3.05, 3.63) is 84.4 Å². The number of fused-ring (bicyclic) bond motifs is 1. The molecule has 5 nitrogen and oxygen atoms in total. The van der Waals surface area contributed by atoms with E-state index in [1.807, 2.05) is 30.5 Å². The topological polar surface area (TPSA) is 69.8 Å². The molecule has 134 valence electrons. The number of para-hydroxylation sites is 1. The Morgan fingerprint density at radius 2 is 1.78 bits per heavy atom. The van der Waals surface area contributed by atoms with Crippen LogP contribution in [0.5, 0.6) is 0 Å². The van der Waals surface area contributed by atoms with E-state index in [1.165, 1.54) is 12.1 Å². The number of pyridine rings is 1. The summed E-state index contributed by atoms with van der Waals surface area (Å²) >= 11 is 0. The molecule has 0 aliphatic heterocycles. The van der Waals surface area contributed by atoms with Gasteiger partial charge in [-0.15, -0.1) is 0 Å². The number of aromatic nitrogens is 2. The molecule has 4 rings (SSSR count). The number of aromatic amines is 1. The van der Waals surface area contributed by atoms with Crippen molar-refractivity contribution in [3.63, 3.8) is 0 Å². The molecule has 0 aliphatic rings. The van der Waals surface area contributed by atoms with Crippen LogP contribution < -0.4 is 10.6 Å². The zero-order chi connectivity index (χ0) is 18.6. The van der Waals surface area contributed by atoms with Gasteiger partial charge in [0.05, 0.1) is 18.3 Å². The van der Waals surface area contributed by atoms with Crippen LogP contribution in [-0.2, 0) is 11.2 Å². The van der Waals surface area contributed by atoms with E-state index in [2.05, 4.69) is 20.6 Å². The fourth-order valence-electron chi connectivity index (χ4n) is 2.88. The van der Waals surface area contributed by atoms with Gasteiger partial charge in [-0.2, -0.15) is 0 Å². The first-order chi connectivity index (χ1) is 13.2. The highest BCUT2D eigenvalue weighted by molar-refractivity contribution is 5.95. The van der Waals surface area contributed by atoms with Crippen molar-refractivity contribution < 1.29 is 9.18 Å². The summed E-state index contributed by atoms with van der Waals surface area (Å²) in [7, 11) is 0. The second-order valence-corrected chi connectivity index (χ2v) is 6.15. The average molecular weight is 360 g/mol. The summed E-state index contributed by atoms with van der Waals surface area (Å²) < 4.78 is 12.9. The van der Waals surface area contributed by atoms with Crippen molar-refractivity contribution in [2.24, 2.45) is 0 Å². The predicted octanol–water partition coefficient (Wildman–Crippen LogP) is 4.63. The van der Waals surface area contributed by atoms with E-state index < -0.39 is 0 Å². The minimum absolute atomic E-state index is 0.110. The van der Waals surface area contributed by atoms with Gasteiger partial charge in [0, 0.05) is 22.8 Å². The third-order valence-corrected chi connectivity index (χ3v) is 4.19. The van der Waals surface area contributed by atoms with Crippen LogP contribution in [0.3, 0.4) is 0 Å². The predicted molar refractivity (Wildman–Crippen MR) is 105 cm³/mol. The molecule has 0 unspecified atom stereocenters. The van der Waals surface area contributed by atoms with Crippen LogP contribution >= 0.6 is 0 Å². The lowest BCUT2D eigenvalue weighted by molar-refractivity contribution is -0.115. The molecule has 6 heteroatoms.